The summed E-state index contributed by atoms with van der Waals surface area (Å²) >= 11 is 12.6. The van der Waals surface area contributed by atoms with Gasteiger partial charge in [0.05, 0.1) is 11.3 Å². The van der Waals surface area contributed by atoms with Gasteiger partial charge >= 0.3 is 0 Å². The van der Waals surface area contributed by atoms with Crippen LogP contribution < -0.4 is 16.0 Å². The van der Waals surface area contributed by atoms with Crippen molar-refractivity contribution < 1.29 is 9.59 Å². The Morgan fingerprint density at radius 1 is 1.15 bits per heavy atom. The highest BCUT2D eigenvalue weighted by atomic mass is 35.5. The van der Waals surface area contributed by atoms with Crippen LogP contribution in [0.3, 0.4) is 0 Å². The van der Waals surface area contributed by atoms with Gasteiger partial charge in [-0.05, 0) is 48.6 Å². The number of ketones is 1. The highest BCUT2D eigenvalue weighted by Crippen LogP contribution is 2.57. The zero-order valence-corrected chi connectivity index (χ0v) is 20.4. The van der Waals surface area contributed by atoms with E-state index in [9.17, 15) is 14.9 Å². The maximum Gasteiger partial charge on any atom is 0.245 e. The summed E-state index contributed by atoms with van der Waals surface area (Å²) in [5.74, 6) is -0.558. The lowest BCUT2D eigenvalue weighted by Crippen LogP contribution is -2.52. The average Bonchev–Trinajstić information content (AvgIpc) is 3.03. The summed E-state index contributed by atoms with van der Waals surface area (Å²) in [6.07, 6.45) is 0.724. The quantitative estimate of drug-likeness (QED) is 0.558. The zero-order chi connectivity index (χ0) is 24.6. The molecule has 1 unspecified atom stereocenters. The first-order valence-electron chi connectivity index (χ1n) is 10.9. The molecule has 1 atom stereocenters. The van der Waals surface area contributed by atoms with Gasteiger partial charge in [0.15, 0.2) is 5.78 Å². The van der Waals surface area contributed by atoms with Crippen molar-refractivity contribution in [2.24, 2.45) is 11.1 Å². The van der Waals surface area contributed by atoms with E-state index in [4.69, 9.17) is 28.9 Å². The summed E-state index contributed by atoms with van der Waals surface area (Å²) in [4.78, 5) is 29.4. The van der Waals surface area contributed by atoms with Crippen LogP contribution in [0, 0.1) is 23.7 Å². The van der Waals surface area contributed by atoms with Gasteiger partial charge in [-0.3, -0.25) is 14.5 Å². The molecule has 3 N–H and O–H groups in total. The minimum Gasteiger partial charge on any atom is -0.384 e. The normalized spacial score (nSPS) is 23.1. The molecular weight excluding hydrogens is 471 g/mol. The molecule has 2 aromatic rings. The lowest BCUT2D eigenvalue weighted by atomic mass is 9.60. The van der Waals surface area contributed by atoms with Crippen molar-refractivity contribution in [3.05, 3.63) is 80.2 Å². The fourth-order valence-corrected chi connectivity index (χ4v) is 5.86. The fourth-order valence-electron chi connectivity index (χ4n) is 5.52. The molecule has 2 aromatic carbocycles. The summed E-state index contributed by atoms with van der Waals surface area (Å²) in [5.41, 5.74) is 7.91. The summed E-state index contributed by atoms with van der Waals surface area (Å²) in [6, 6.07) is 12.6. The van der Waals surface area contributed by atoms with Crippen molar-refractivity contribution in [1.29, 1.82) is 5.26 Å². The molecule has 0 aromatic heterocycles. The number of rotatable bonds is 1. The molecule has 0 fully saturated rings. The van der Waals surface area contributed by atoms with Crippen LogP contribution in [0.4, 0.5) is 11.4 Å². The van der Waals surface area contributed by atoms with Crippen LogP contribution >= 0.6 is 23.2 Å². The van der Waals surface area contributed by atoms with Crippen LogP contribution in [0.2, 0.25) is 10.0 Å². The molecule has 5 rings (SSSR count). The molecule has 34 heavy (non-hydrogen) atoms. The Bertz CT molecular complexity index is 1420. The molecule has 0 saturated carbocycles. The number of nitrogens with one attached hydrogen (secondary N) is 1. The monoisotopic (exact) mass is 492 g/mol. The lowest BCUT2D eigenvalue weighted by molar-refractivity contribution is -0.123. The van der Waals surface area contributed by atoms with Crippen molar-refractivity contribution in [3.63, 3.8) is 0 Å². The molecule has 3 aliphatic rings. The van der Waals surface area contributed by atoms with Crippen molar-refractivity contribution in [3.8, 4) is 6.07 Å². The minimum absolute atomic E-state index is 0.0113. The minimum atomic E-state index is -1.64. The van der Waals surface area contributed by atoms with Crippen LogP contribution in [0.5, 0.6) is 0 Å². The van der Waals surface area contributed by atoms with Gasteiger partial charge in [0, 0.05) is 39.0 Å². The van der Waals surface area contributed by atoms with Gasteiger partial charge in [-0.25, -0.2) is 0 Å². The van der Waals surface area contributed by atoms with Gasteiger partial charge in [0.1, 0.15) is 17.3 Å². The average molecular weight is 493 g/mol. The summed E-state index contributed by atoms with van der Waals surface area (Å²) in [5, 5.41) is 14.2. The molecule has 0 radical (unpaired) electrons. The number of nitrogens with two attached hydrogens (primary N) is 1. The summed E-state index contributed by atoms with van der Waals surface area (Å²) in [6.45, 7) is 5.80. The first-order valence-corrected chi connectivity index (χ1v) is 11.6. The van der Waals surface area contributed by atoms with E-state index in [0.717, 1.165) is 0 Å². The number of anilines is 2. The molecule has 2 aliphatic heterocycles. The Hall–Kier alpha value is -3.27. The molecular formula is C26H22Cl2N4O2. The molecule has 8 heteroatoms. The van der Waals surface area contributed by atoms with Gasteiger partial charge in [-0.1, -0.05) is 49.2 Å². The summed E-state index contributed by atoms with van der Waals surface area (Å²) < 4.78 is 0. The smallest absolute Gasteiger partial charge is 0.245 e. The lowest BCUT2D eigenvalue weighted by Gasteiger charge is -2.46. The Labute approximate surface area is 207 Å². The highest BCUT2D eigenvalue weighted by Gasteiger charge is 2.61. The maximum absolute atomic E-state index is 13.8. The third kappa shape index (κ3) is 2.87. The van der Waals surface area contributed by atoms with Gasteiger partial charge in [0.2, 0.25) is 5.91 Å². The van der Waals surface area contributed by atoms with Crippen molar-refractivity contribution in [2.75, 3.05) is 10.2 Å². The van der Waals surface area contributed by atoms with Gasteiger partial charge in [0.25, 0.3) is 0 Å². The molecule has 1 aliphatic carbocycles. The summed E-state index contributed by atoms with van der Waals surface area (Å²) in [7, 11) is 0. The van der Waals surface area contributed by atoms with Crippen LogP contribution in [-0.4, -0.2) is 11.7 Å². The Kier molecular flexibility index (Phi) is 4.88. The number of amides is 1. The predicted octanol–water partition coefficient (Wildman–Crippen LogP) is 5.35. The van der Waals surface area contributed by atoms with E-state index in [1.165, 1.54) is 0 Å². The van der Waals surface area contributed by atoms with Gasteiger partial charge in [-0.2, -0.15) is 5.26 Å². The number of halogens is 2. The Morgan fingerprint density at radius 2 is 1.88 bits per heavy atom. The largest absolute Gasteiger partial charge is 0.384 e. The SMILES string of the molecule is Cc1c(Cl)ccc2c1NC(=O)C21C(C#N)=C(N)N(c2cccc(Cl)c2)C2=C1C(=O)CC(C)(C)C2. The second kappa shape index (κ2) is 7.36. The predicted molar refractivity (Wildman–Crippen MR) is 132 cm³/mol. The number of carbonyl (C=O) groups is 2. The Morgan fingerprint density at radius 3 is 2.56 bits per heavy atom. The van der Waals surface area contributed by atoms with E-state index in [1.54, 1.807) is 42.2 Å². The number of allylic oxidation sites excluding steroid dienone is 1. The van der Waals surface area contributed by atoms with Crippen LogP contribution in [0.25, 0.3) is 0 Å². The van der Waals surface area contributed by atoms with E-state index < -0.39 is 11.3 Å². The van der Waals surface area contributed by atoms with Gasteiger partial charge in [-0.15, -0.1) is 0 Å². The number of carbonyl (C=O) groups excluding carboxylic acids is 2. The second-order valence-corrected chi connectivity index (χ2v) is 10.6. The standard InChI is InChI=1S/C26H22Cl2N4O2/c1-13-18(28)8-7-16-22(13)31-24(34)26(16)17(12-29)23(30)32(15-6-4-5-14(27)9-15)19-10-25(2,3)11-20(33)21(19)26/h4-9H,10-11,30H2,1-3H3,(H,31,34). The molecule has 172 valence electrons. The first-order chi connectivity index (χ1) is 16.0. The van der Waals surface area contributed by atoms with Crippen LogP contribution in [0.15, 0.2) is 59.1 Å². The Balaban J connectivity index is 1.92. The number of hydrogen-bond donors (Lipinski definition) is 2. The molecule has 2 heterocycles. The van der Waals surface area contributed by atoms with E-state index in [1.807, 2.05) is 19.9 Å². The number of benzene rings is 2. The molecule has 6 nitrogen and oxygen atoms in total. The maximum atomic E-state index is 13.8. The van der Waals surface area contributed by atoms with E-state index in [2.05, 4.69) is 11.4 Å². The molecule has 0 saturated heterocycles. The fraction of sp³-hybridized carbons (Fsp3) is 0.269. The van der Waals surface area contributed by atoms with Crippen LogP contribution in [-0.2, 0) is 15.0 Å². The number of hydrogen-bond acceptors (Lipinski definition) is 5. The second-order valence-electron chi connectivity index (χ2n) is 9.75. The topological polar surface area (TPSA) is 99.2 Å². The van der Waals surface area contributed by atoms with Crippen molar-refractivity contribution in [1.82, 2.24) is 0 Å². The molecule has 1 spiro atoms. The third-order valence-electron chi connectivity index (χ3n) is 6.93. The third-order valence-corrected chi connectivity index (χ3v) is 7.57. The first kappa shape index (κ1) is 22.5. The molecule has 0 bridgehead atoms. The number of nitriles is 1. The van der Waals surface area contributed by atoms with Gasteiger partial charge < -0.3 is 11.1 Å². The number of nitrogens with zero attached hydrogens (tertiary/aromatic N) is 2. The van der Waals surface area contributed by atoms with Crippen molar-refractivity contribution in [2.45, 2.75) is 39.0 Å². The number of Topliss-reactive ketones (excluding diaryl/α,β-unsaturated/α-hetero) is 1. The van der Waals surface area contributed by atoms with E-state index in [0.29, 0.717) is 44.7 Å². The van der Waals surface area contributed by atoms with E-state index >= 15 is 0 Å². The number of fused-ring (bicyclic) bond motifs is 3. The van der Waals surface area contributed by atoms with Crippen LogP contribution in [0.1, 0.15) is 37.8 Å². The highest BCUT2D eigenvalue weighted by molar-refractivity contribution is 6.32. The van der Waals surface area contributed by atoms with E-state index in [-0.39, 0.29) is 34.6 Å². The van der Waals surface area contributed by atoms with Crippen molar-refractivity contribution >= 4 is 46.3 Å². The zero-order valence-electron chi connectivity index (χ0n) is 18.9. The molecule has 1 amide bonds.